The maximum absolute atomic E-state index is 13.4. The van der Waals surface area contributed by atoms with Crippen molar-refractivity contribution in [3.05, 3.63) is 29.3 Å². The van der Waals surface area contributed by atoms with Crippen molar-refractivity contribution >= 4 is 35.4 Å². The lowest BCUT2D eigenvalue weighted by Gasteiger charge is -2.36. The summed E-state index contributed by atoms with van der Waals surface area (Å²) in [4.78, 5) is 69.3. The molecule has 3 heterocycles. The van der Waals surface area contributed by atoms with Gasteiger partial charge in [0.1, 0.15) is 11.6 Å². The van der Waals surface area contributed by atoms with E-state index in [0.717, 1.165) is 24.5 Å². The Morgan fingerprint density at radius 1 is 0.976 bits per heavy atom. The molecule has 3 aliphatic heterocycles. The van der Waals surface area contributed by atoms with E-state index in [-0.39, 0.29) is 24.5 Å². The molecule has 4 rings (SSSR count). The molecule has 1 atom stereocenters. The Kier molecular flexibility index (Phi) is 10.2. The van der Waals surface area contributed by atoms with E-state index >= 15 is 0 Å². The van der Waals surface area contributed by atoms with Crippen LogP contribution in [0, 0.1) is 0 Å². The predicted molar refractivity (Wildman–Crippen MR) is 152 cm³/mol. The molecule has 1 aromatic carbocycles. The average molecular weight is 588 g/mol. The van der Waals surface area contributed by atoms with E-state index in [2.05, 4.69) is 15.1 Å². The van der Waals surface area contributed by atoms with Crippen LogP contribution in [0.3, 0.4) is 0 Å². The number of carbonyl (C=O) groups is 5. The third-order valence-electron chi connectivity index (χ3n) is 7.36. The van der Waals surface area contributed by atoms with Crippen LogP contribution in [0.5, 0.6) is 0 Å². The number of nitrogens with zero attached hydrogens (tertiary/aromatic N) is 4. The van der Waals surface area contributed by atoms with Gasteiger partial charge in [-0.3, -0.25) is 34.3 Å². The van der Waals surface area contributed by atoms with E-state index in [4.69, 9.17) is 14.2 Å². The maximum atomic E-state index is 13.4. The van der Waals surface area contributed by atoms with Crippen LogP contribution in [0.1, 0.15) is 54.3 Å². The number of ether oxygens (including phenoxy) is 3. The van der Waals surface area contributed by atoms with Gasteiger partial charge in [-0.15, -0.1) is 0 Å². The van der Waals surface area contributed by atoms with Crippen molar-refractivity contribution in [3.8, 4) is 0 Å². The van der Waals surface area contributed by atoms with Crippen molar-refractivity contribution in [1.82, 2.24) is 20.0 Å². The second-order valence-corrected chi connectivity index (χ2v) is 11.6. The summed E-state index contributed by atoms with van der Waals surface area (Å²) < 4.78 is 16.6. The first kappa shape index (κ1) is 31.4. The number of hydrogen-bond donors (Lipinski definition) is 1. The van der Waals surface area contributed by atoms with E-state index < -0.39 is 35.3 Å². The van der Waals surface area contributed by atoms with Crippen molar-refractivity contribution in [2.45, 2.75) is 45.3 Å². The van der Waals surface area contributed by atoms with Crippen LogP contribution < -0.4 is 10.2 Å². The van der Waals surface area contributed by atoms with Crippen LogP contribution in [0.2, 0.25) is 0 Å². The van der Waals surface area contributed by atoms with Gasteiger partial charge in [-0.25, -0.2) is 4.79 Å². The number of piperazine rings is 1. The number of nitrogens with one attached hydrogen (secondary N) is 1. The molecule has 0 aliphatic carbocycles. The first-order valence-electron chi connectivity index (χ1n) is 14.4. The number of piperidine rings is 1. The standard InChI is InChI=1S/C29H41N5O8/c1-29(2,3)42-28(39)31(4)14-16-40-18-19-41-17-15-32-10-12-33(13-11-32)21-7-5-6-20-24(21)27(38)34(26(20)37)22-8-9-23(35)30-25(22)36/h5-7,22H,8-19H2,1-4H3,(H,30,35,36). The molecule has 1 unspecified atom stereocenters. The SMILES string of the molecule is CN(CCOCCOCCN1CCN(c2cccc3c2C(=O)N(C2CCC(=O)NC2=O)C3=O)CC1)C(=O)OC(C)(C)C. The van der Waals surface area contributed by atoms with Crippen LogP contribution in [0.25, 0.3) is 0 Å². The van der Waals surface area contributed by atoms with E-state index in [9.17, 15) is 24.0 Å². The third kappa shape index (κ3) is 7.64. The largest absolute Gasteiger partial charge is 0.444 e. The molecule has 1 N–H and O–H groups in total. The van der Waals surface area contributed by atoms with Crippen molar-refractivity contribution in [1.29, 1.82) is 0 Å². The van der Waals surface area contributed by atoms with Gasteiger partial charge in [-0.2, -0.15) is 0 Å². The number of imide groups is 2. The van der Waals surface area contributed by atoms with Gasteiger partial charge in [0.05, 0.1) is 43.2 Å². The molecular formula is C29H41N5O8. The summed E-state index contributed by atoms with van der Waals surface area (Å²) in [6.45, 7) is 11.4. The quantitative estimate of drug-likeness (QED) is 0.296. The van der Waals surface area contributed by atoms with Crippen molar-refractivity contribution in [2.24, 2.45) is 0 Å². The highest BCUT2D eigenvalue weighted by atomic mass is 16.6. The van der Waals surface area contributed by atoms with E-state index in [0.29, 0.717) is 57.3 Å². The molecule has 0 aromatic heterocycles. The molecule has 42 heavy (non-hydrogen) atoms. The predicted octanol–water partition coefficient (Wildman–Crippen LogP) is 1.11. The van der Waals surface area contributed by atoms with Crippen molar-refractivity contribution in [3.63, 3.8) is 0 Å². The highest BCUT2D eigenvalue weighted by Gasteiger charge is 2.46. The molecule has 0 spiro atoms. The minimum absolute atomic E-state index is 0.0861. The lowest BCUT2D eigenvalue weighted by Crippen LogP contribution is -2.54. The van der Waals surface area contributed by atoms with E-state index in [1.807, 2.05) is 26.8 Å². The fraction of sp³-hybridized carbons (Fsp3) is 0.621. The molecule has 2 fully saturated rings. The Labute approximate surface area is 246 Å². The molecule has 1 aromatic rings. The molecule has 0 bridgehead atoms. The van der Waals surface area contributed by atoms with Gasteiger partial charge < -0.3 is 24.0 Å². The number of likely N-dealkylation sites (N-methyl/N-ethyl adjacent to an activating group) is 1. The number of anilines is 1. The Bertz CT molecular complexity index is 1190. The zero-order valence-corrected chi connectivity index (χ0v) is 24.8. The summed E-state index contributed by atoms with van der Waals surface area (Å²) in [5, 5.41) is 2.23. The van der Waals surface area contributed by atoms with Gasteiger partial charge in [0.2, 0.25) is 11.8 Å². The average Bonchev–Trinajstić information content (AvgIpc) is 3.19. The van der Waals surface area contributed by atoms with Crippen LogP contribution in [-0.2, 0) is 23.8 Å². The molecule has 3 aliphatic rings. The fourth-order valence-electron chi connectivity index (χ4n) is 5.12. The number of hydrogen-bond acceptors (Lipinski definition) is 10. The Hall–Kier alpha value is -3.55. The van der Waals surface area contributed by atoms with E-state index in [1.54, 1.807) is 19.2 Å². The molecule has 2 saturated heterocycles. The van der Waals surface area contributed by atoms with Gasteiger partial charge >= 0.3 is 6.09 Å². The lowest BCUT2D eigenvalue weighted by atomic mass is 10.0. The monoisotopic (exact) mass is 587 g/mol. The summed E-state index contributed by atoms with van der Waals surface area (Å²) in [6.07, 6.45) is -0.166. The fourth-order valence-corrected chi connectivity index (χ4v) is 5.12. The minimum Gasteiger partial charge on any atom is -0.444 e. The molecular weight excluding hydrogens is 546 g/mol. The summed E-state index contributed by atoms with van der Waals surface area (Å²) in [5.74, 6) is -2.00. The molecule has 0 radical (unpaired) electrons. The van der Waals surface area contributed by atoms with Crippen LogP contribution in [-0.4, -0.2) is 129 Å². The third-order valence-corrected chi connectivity index (χ3v) is 7.36. The van der Waals surface area contributed by atoms with Crippen LogP contribution >= 0.6 is 0 Å². The smallest absolute Gasteiger partial charge is 0.410 e. The number of fused-ring (bicyclic) bond motifs is 1. The summed E-state index contributed by atoms with van der Waals surface area (Å²) in [7, 11) is 1.67. The highest BCUT2D eigenvalue weighted by Crippen LogP contribution is 2.34. The first-order valence-corrected chi connectivity index (χ1v) is 14.4. The molecule has 13 heteroatoms. The van der Waals surface area contributed by atoms with Gasteiger partial charge in [0, 0.05) is 52.7 Å². The topological polar surface area (TPSA) is 138 Å². The second kappa shape index (κ2) is 13.6. The maximum Gasteiger partial charge on any atom is 0.410 e. The summed E-state index contributed by atoms with van der Waals surface area (Å²) >= 11 is 0. The Morgan fingerprint density at radius 3 is 2.33 bits per heavy atom. The summed E-state index contributed by atoms with van der Waals surface area (Å²) in [6, 6.07) is 4.22. The Morgan fingerprint density at radius 2 is 1.67 bits per heavy atom. The molecule has 0 saturated carbocycles. The number of benzene rings is 1. The van der Waals surface area contributed by atoms with E-state index in [1.165, 1.54) is 4.90 Å². The summed E-state index contributed by atoms with van der Waals surface area (Å²) in [5.41, 5.74) is 0.763. The zero-order chi connectivity index (χ0) is 30.4. The minimum atomic E-state index is -0.983. The van der Waals surface area contributed by atoms with Crippen LogP contribution in [0.15, 0.2) is 18.2 Å². The van der Waals surface area contributed by atoms with Gasteiger partial charge in [-0.05, 0) is 39.3 Å². The first-order chi connectivity index (χ1) is 20.0. The lowest BCUT2D eigenvalue weighted by molar-refractivity contribution is -0.136. The van der Waals surface area contributed by atoms with Crippen molar-refractivity contribution < 1.29 is 38.2 Å². The Balaban J connectivity index is 1.16. The normalized spacial score (nSPS) is 19.7. The highest BCUT2D eigenvalue weighted by molar-refractivity contribution is 6.25. The molecule has 230 valence electrons. The number of carbonyl (C=O) groups excluding carboxylic acids is 5. The van der Waals surface area contributed by atoms with Gasteiger partial charge in [0.25, 0.3) is 11.8 Å². The van der Waals surface area contributed by atoms with Gasteiger partial charge in [0.15, 0.2) is 0 Å². The van der Waals surface area contributed by atoms with Gasteiger partial charge in [-0.1, -0.05) is 6.07 Å². The number of amides is 5. The second-order valence-electron chi connectivity index (χ2n) is 11.6. The molecule has 5 amide bonds. The van der Waals surface area contributed by atoms with Crippen LogP contribution in [0.4, 0.5) is 10.5 Å². The molecule has 13 nitrogen and oxygen atoms in total. The number of rotatable bonds is 11. The zero-order valence-electron chi connectivity index (χ0n) is 24.8. The van der Waals surface area contributed by atoms with Crippen molar-refractivity contribution in [2.75, 3.05) is 77.6 Å².